The Morgan fingerprint density at radius 1 is 1.09 bits per heavy atom. The summed E-state index contributed by atoms with van der Waals surface area (Å²) in [6.07, 6.45) is 4.08. The number of nitriles is 1. The van der Waals surface area contributed by atoms with Crippen molar-refractivity contribution in [2.45, 2.75) is 35.2 Å². The van der Waals surface area contributed by atoms with Gasteiger partial charge in [-0.25, -0.2) is 9.97 Å². The number of nitrogen functional groups attached to an aromatic ring is 1. The number of amides is 1. The molecule has 0 unspecified atom stereocenters. The zero-order valence-corrected chi connectivity index (χ0v) is 26.4. The number of carbonyl (C=O) groups excluding carboxylic acids is 1. The highest BCUT2D eigenvalue weighted by Crippen LogP contribution is 2.51. The van der Waals surface area contributed by atoms with Gasteiger partial charge in [-0.3, -0.25) is 14.0 Å². The summed E-state index contributed by atoms with van der Waals surface area (Å²) in [4.78, 5) is 41.7. The van der Waals surface area contributed by atoms with Crippen LogP contribution in [0.1, 0.15) is 46.1 Å². The van der Waals surface area contributed by atoms with Crippen LogP contribution in [-0.2, 0) is 6.42 Å². The van der Waals surface area contributed by atoms with Gasteiger partial charge in [-0.05, 0) is 60.1 Å². The van der Waals surface area contributed by atoms with Crippen molar-refractivity contribution in [3.05, 3.63) is 105 Å². The number of hydrogen-bond donors (Lipinski definition) is 4. The van der Waals surface area contributed by atoms with E-state index < -0.39 is 22.9 Å². The predicted molar refractivity (Wildman–Crippen MR) is 179 cm³/mol. The van der Waals surface area contributed by atoms with Crippen molar-refractivity contribution in [1.82, 2.24) is 19.4 Å². The highest BCUT2D eigenvalue weighted by molar-refractivity contribution is 7.99. The lowest BCUT2D eigenvalue weighted by molar-refractivity contribution is 0.102. The number of carbonyl (C=O) groups is 1. The molecule has 5 aromatic rings. The van der Waals surface area contributed by atoms with Crippen molar-refractivity contribution in [2.75, 3.05) is 29.0 Å². The lowest BCUT2D eigenvalue weighted by Gasteiger charge is -2.42. The van der Waals surface area contributed by atoms with Gasteiger partial charge in [0.15, 0.2) is 22.9 Å². The van der Waals surface area contributed by atoms with Crippen LogP contribution in [0, 0.1) is 16.7 Å². The quantitative estimate of drug-likeness (QED) is 0.206. The van der Waals surface area contributed by atoms with E-state index in [1.165, 1.54) is 23.4 Å². The van der Waals surface area contributed by atoms with E-state index in [4.69, 9.17) is 23.1 Å². The zero-order chi connectivity index (χ0) is 32.9. The molecule has 6 N–H and O–H groups in total. The lowest BCUT2D eigenvalue weighted by atomic mass is 9.73. The summed E-state index contributed by atoms with van der Waals surface area (Å²) in [5.74, 6) is -1.04. The minimum Gasteiger partial charge on any atom is -0.493 e. The number of benzene rings is 2. The monoisotopic (exact) mass is 665 g/mol. The molecule has 0 radical (unpaired) electrons. The first-order valence-corrected chi connectivity index (χ1v) is 16.0. The first kappa shape index (κ1) is 30.5. The molecular formula is C33H28ClN9O3S. The third-order valence-electron chi connectivity index (χ3n) is 8.99. The Morgan fingerprint density at radius 2 is 1.85 bits per heavy atom. The molecule has 1 aliphatic carbocycles. The van der Waals surface area contributed by atoms with Crippen LogP contribution in [0.4, 0.5) is 17.3 Å². The second-order valence-corrected chi connectivity index (χ2v) is 13.0. The highest BCUT2D eigenvalue weighted by Gasteiger charge is 2.46. The molecule has 4 heterocycles. The number of pyridine rings is 1. The van der Waals surface area contributed by atoms with Gasteiger partial charge in [0.05, 0.1) is 10.7 Å². The van der Waals surface area contributed by atoms with Crippen LogP contribution in [-0.4, -0.2) is 43.5 Å². The number of fused-ring (bicyclic) bond motifs is 2. The van der Waals surface area contributed by atoms with E-state index in [2.05, 4.69) is 44.5 Å². The third kappa shape index (κ3) is 5.30. The molecule has 7 rings (SSSR count). The maximum absolute atomic E-state index is 13.1. The van der Waals surface area contributed by atoms with Gasteiger partial charge in [0, 0.05) is 30.2 Å². The van der Waals surface area contributed by atoms with Gasteiger partial charge >= 0.3 is 0 Å². The molecule has 1 fully saturated rings. The molecule has 1 atom stereocenters. The lowest BCUT2D eigenvalue weighted by Crippen LogP contribution is -2.45. The maximum Gasteiger partial charge on any atom is 0.274 e. The first-order valence-electron chi connectivity index (χ1n) is 14.8. The number of hydrogen-bond acceptors (Lipinski definition) is 11. The van der Waals surface area contributed by atoms with E-state index in [-0.39, 0.29) is 44.4 Å². The number of nitrogens with one attached hydrogen (secondary N) is 1. The van der Waals surface area contributed by atoms with E-state index in [9.17, 15) is 20.0 Å². The number of rotatable bonds is 5. The van der Waals surface area contributed by atoms with Crippen LogP contribution >= 0.6 is 23.4 Å². The van der Waals surface area contributed by atoms with E-state index in [1.807, 2.05) is 11.0 Å². The number of aromatic nitrogens is 4. The van der Waals surface area contributed by atoms with Crippen LogP contribution < -0.4 is 27.2 Å². The minimum atomic E-state index is -0.886. The standard InChI is InChI=1S/C33H28ClN9O3S/c34-25-20(38-29(44)24-30(45)40-23-10-3-4-13-43(23)32(24)46)8-5-9-22(25)47-31-27(37)41-28(21(17-35)39-31)42-14-11-33(12-15-42)16-18-6-1-2-7-19(18)26(33)36/h1-10,13,26,45H,11-12,14-16,36H2,(H2,37,41)(H,38,44)/t26-/m1/s1. The van der Waals surface area contributed by atoms with E-state index in [0.717, 1.165) is 35.4 Å². The average Bonchev–Trinajstić information content (AvgIpc) is 3.34. The van der Waals surface area contributed by atoms with Gasteiger partial charge < -0.3 is 26.8 Å². The third-order valence-corrected chi connectivity index (χ3v) is 10.6. The number of anilines is 3. The van der Waals surface area contributed by atoms with Crippen LogP contribution in [0.3, 0.4) is 0 Å². The Bertz CT molecular complexity index is 2180. The highest BCUT2D eigenvalue weighted by atomic mass is 35.5. The first-order chi connectivity index (χ1) is 22.7. The normalized spacial score (nSPS) is 16.6. The fourth-order valence-corrected chi connectivity index (χ4v) is 7.65. The summed E-state index contributed by atoms with van der Waals surface area (Å²) in [5.41, 5.74) is 14.8. The van der Waals surface area contributed by atoms with Crippen LogP contribution in [0.15, 0.2) is 81.6 Å². The summed E-state index contributed by atoms with van der Waals surface area (Å²) in [6, 6.07) is 20.2. The van der Waals surface area contributed by atoms with Gasteiger partial charge in [-0.15, -0.1) is 0 Å². The molecule has 236 valence electrons. The number of halogens is 1. The molecule has 1 saturated heterocycles. The molecule has 0 saturated carbocycles. The van der Waals surface area contributed by atoms with Crippen LogP contribution in [0.25, 0.3) is 5.65 Å². The molecular weight excluding hydrogens is 638 g/mol. The predicted octanol–water partition coefficient (Wildman–Crippen LogP) is 4.54. The van der Waals surface area contributed by atoms with Crippen molar-refractivity contribution in [3.63, 3.8) is 0 Å². The fraction of sp³-hybridized carbons (Fsp3) is 0.212. The molecule has 12 nitrogen and oxygen atoms in total. The second kappa shape index (κ2) is 11.9. The van der Waals surface area contributed by atoms with Gasteiger partial charge in [0.1, 0.15) is 16.7 Å². The van der Waals surface area contributed by atoms with Gasteiger partial charge in [-0.2, -0.15) is 10.2 Å². The molecule has 2 aliphatic rings. The van der Waals surface area contributed by atoms with Gasteiger partial charge in [0.2, 0.25) is 5.88 Å². The van der Waals surface area contributed by atoms with Crippen molar-refractivity contribution in [3.8, 4) is 11.9 Å². The summed E-state index contributed by atoms with van der Waals surface area (Å²) >= 11 is 7.76. The molecule has 1 amide bonds. The topological polar surface area (TPSA) is 189 Å². The summed E-state index contributed by atoms with van der Waals surface area (Å²) in [5, 5.41) is 23.4. The number of piperidine rings is 1. The molecule has 14 heteroatoms. The van der Waals surface area contributed by atoms with Crippen molar-refractivity contribution in [1.29, 1.82) is 5.26 Å². The van der Waals surface area contributed by atoms with E-state index >= 15 is 0 Å². The number of nitrogens with zero attached hydrogens (tertiary/aromatic N) is 6. The second-order valence-electron chi connectivity index (χ2n) is 11.6. The van der Waals surface area contributed by atoms with Crippen molar-refractivity contribution >= 4 is 52.2 Å². The zero-order valence-electron chi connectivity index (χ0n) is 24.9. The molecule has 2 aromatic carbocycles. The molecule has 1 aliphatic heterocycles. The minimum absolute atomic E-state index is 0.0312. The molecule has 47 heavy (non-hydrogen) atoms. The smallest absolute Gasteiger partial charge is 0.274 e. The van der Waals surface area contributed by atoms with Crippen molar-refractivity contribution in [2.24, 2.45) is 11.1 Å². The van der Waals surface area contributed by atoms with E-state index in [1.54, 1.807) is 30.3 Å². The molecule has 1 spiro atoms. The van der Waals surface area contributed by atoms with E-state index in [0.29, 0.717) is 23.8 Å². The summed E-state index contributed by atoms with van der Waals surface area (Å²) in [7, 11) is 0. The fourth-order valence-electron chi connectivity index (χ4n) is 6.51. The SMILES string of the molecule is N#Cc1nc(Sc2cccc(NC(=O)c3c(O)nc4ccccn4c3=O)c2Cl)c(N)nc1N1CCC2(CC1)Cc1ccccc1[C@H]2N. The average molecular weight is 666 g/mol. The maximum atomic E-state index is 13.1. The van der Waals surface area contributed by atoms with Crippen LogP contribution in [0.5, 0.6) is 5.88 Å². The summed E-state index contributed by atoms with van der Waals surface area (Å²) < 4.78 is 1.16. The Labute approximate surface area is 278 Å². The Morgan fingerprint density at radius 3 is 2.62 bits per heavy atom. The largest absolute Gasteiger partial charge is 0.493 e. The summed E-state index contributed by atoms with van der Waals surface area (Å²) in [6.45, 7) is 1.33. The Kier molecular flexibility index (Phi) is 7.71. The Hall–Kier alpha value is -5.16. The molecule has 0 bridgehead atoms. The Balaban J connectivity index is 1.10. The van der Waals surface area contributed by atoms with Gasteiger partial charge in [0.25, 0.3) is 11.5 Å². The van der Waals surface area contributed by atoms with Gasteiger partial charge in [-0.1, -0.05) is 59.8 Å². The number of nitrogens with two attached hydrogens (primary N) is 2. The van der Waals surface area contributed by atoms with Crippen LogP contribution in [0.2, 0.25) is 5.02 Å². The molecule has 3 aromatic heterocycles. The van der Waals surface area contributed by atoms with Crippen molar-refractivity contribution < 1.29 is 9.90 Å². The number of aromatic hydroxyl groups is 1.